The van der Waals surface area contributed by atoms with Crippen LogP contribution >= 0.6 is 0 Å². The number of aryl methyl sites for hydroxylation is 1. The monoisotopic (exact) mass is 187 g/mol. The highest BCUT2D eigenvalue weighted by Crippen LogP contribution is 2.20. The number of benzene rings is 1. The van der Waals surface area contributed by atoms with Gasteiger partial charge >= 0.3 is 0 Å². The summed E-state index contributed by atoms with van der Waals surface area (Å²) in [5.41, 5.74) is 2.20. The summed E-state index contributed by atoms with van der Waals surface area (Å²) in [6.45, 7) is 2.03. The van der Waals surface area contributed by atoms with E-state index in [1.807, 2.05) is 37.3 Å². The first-order chi connectivity index (χ1) is 6.77. The van der Waals surface area contributed by atoms with Crippen molar-refractivity contribution < 1.29 is 4.74 Å². The minimum atomic E-state index is 0.428. The SMILES string of the molecule is COc1ccc(C)cc1C=CCC#N. The number of hydrogen-bond donors (Lipinski definition) is 0. The van der Waals surface area contributed by atoms with Crippen molar-refractivity contribution >= 4 is 6.08 Å². The Hall–Kier alpha value is -1.75. The van der Waals surface area contributed by atoms with Crippen molar-refractivity contribution in [3.63, 3.8) is 0 Å². The van der Waals surface area contributed by atoms with E-state index in [0.29, 0.717) is 6.42 Å². The van der Waals surface area contributed by atoms with Crippen LogP contribution in [0.4, 0.5) is 0 Å². The molecular weight excluding hydrogens is 174 g/mol. The van der Waals surface area contributed by atoms with Gasteiger partial charge in [-0.25, -0.2) is 0 Å². The highest BCUT2D eigenvalue weighted by Gasteiger charge is 1.98. The van der Waals surface area contributed by atoms with E-state index in [4.69, 9.17) is 10.00 Å². The van der Waals surface area contributed by atoms with Crippen molar-refractivity contribution in [2.75, 3.05) is 7.11 Å². The van der Waals surface area contributed by atoms with Gasteiger partial charge in [0.15, 0.2) is 0 Å². The molecule has 0 aliphatic rings. The lowest BCUT2D eigenvalue weighted by atomic mass is 10.1. The maximum absolute atomic E-state index is 8.39. The predicted molar refractivity (Wildman–Crippen MR) is 57.0 cm³/mol. The number of nitrogens with zero attached hydrogens (tertiary/aromatic N) is 1. The molecule has 0 aliphatic carbocycles. The molecule has 2 heteroatoms. The zero-order valence-corrected chi connectivity index (χ0v) is 8.45. The number of rotatable bonds is 3. The first kappa shape index (κ1) is 10.3. The standard InChI is InChI=1S/C12H13NO/c1-10-6-7-12(14-2)11(9-10)5-3-4-8-13/h3,5-7,9H,4H2,1-2H3. The van der Waals surface area contributed by atoms with E-state index in [9.17, 15) is 0 Å². The van der Waals surface area contributed by atoms with E-state index < -0.39 is 0 Å². The Morgan fingerprint density at radius 1 is 1.50 bits per heavy atom. The van der Waals surface area contributed by atoms with Crippen LogP contribution < -0.4 is 4.74 Å². The molecule has 0 N–H and O–H groups in total. The molecule has 0 saturated carbocycles. The summed E-state index contributed by atoms with van der Waals surface area (Å²) in [4.78, 5) is 0. The Balaban J connectivity index is 2.94. The summed E-state index contributed by atoms with van der Waals surface area (Å²) >= 11 is 0. The van der Waals surface area contributed by atoms with Crippen LogP contribution in [-0.2, 0) is 0 Å². The molecule has 0 radical (unpaired) electrons. The van der Waals surface area contributed by atoms with Crippen LogP contribution in [0.15, 0.2) is 24.3 Å². The van der Waals surface area contributed by atoms with E-state index in [2.05, 4.69) is 6.07 Å². The molecule has 0 spiro atoms. The summed E-state index contributed by atoms with van der Waals surface area (Å²) in [6.07, 6.45) is 4.17. The van der Waals surface area contributed by atoms with Gasteiger partial charge in [-0.2, -0.15) is 5.26 Å². The Kier molecular flexibility index (Phi) is 3.75. The highest BCUT2D eigenvalue weighted by atomic mass is 16.5. The van der Waals surface area contributed by atoms with Crippen molar-refractivity contribution in [3.8, 4) is 11.8 Å². The number of methoxy groups -OCH3 is 1. The second-order valence-electron chi connectivity index (χ2n) is 3.01. The van der Waals surface area contributed by atoms with Gasteiger partial charge in [-0.3, -0.25) is 0 Å². The number of ether oxygens (including phenoxy) is 1. The van der Waals surface area contributed by atoms with Crippen molar-refractivity contribution in [3.05, 3.63) is 35.4 Å². The van der Waals surface area contributed by atoms with Crippen molar-refractivity contribution in [1.29, 1.82) is 5.26 Å². The second kappa shape index (κ2) is 5.08. The lowest BCUT2D eigenvalue weighted by molar-refractivity contribution is 0.413. The largest absolute Gasteiger partial charge is 0.496 e. The van der Waals surface area contributed by atoms with Gasteiger partial charge in [-0.15, -0.1) is 0 Å². The zero-order chi connectivity index (χ0) is 10.4. The summed E-state index contributed by atoms with van der Waals surface area (Å²) in [5, 5.41) is 8.39. The first-order valence-corrected chi connectivity index (χ1v) is 4.46. The van der Waals surface area contributed by atoms with Crippen LogP contribution in [0.2, 0.25) is 0 Å². The van der Waals surface area contributed by atoms with Crippen LogP contribution in [0.25, 0.3) is 6.08 Å². The van der Waals surface area contributed by atoms with Crippen LogP contribution in [0.3, 0.4) is 0 Å². The molecule has 1 aromatic carbocycles. The van der Waals surface area contributed by atoms with Gasteiger partial charge in [0.2, 0.25) is 0 Å². The smallest absolute Gasteiger partial charge is 0.126 e. The topological polar surface area (TPSA) is 33.0 Å². The molecule has 0 amide bonds. The molecule has 72 valence electrons. The molecule has 0 bridgehead atoms. The van der Waals surface area contributed by atoms with E-state index in [0.717, 1.165) is 11.3 Å². The molecule has 0 heterocycles. The van der Waals surface area contributed by atoms with Crippen molar-refractivity contribution in [1.82, 2.24) is 0 Å². The second-order valence-corrected chi connectivity index (χ2v) is 3.01. The Bertz CT molecular complexity index is 374. The fourth-order valence-corrected chi connectivity index (χ4v) is 1.22. The third-order valence-electron chi connectivity index (χ3n) is 1.89. The quantitative estimate of drug-likeness (QED) is 0.728. The maximum atomic E-state index is 8.39. The van der Waals surface area contributed by atoms with Crippen molar-refractivity contribution in [2.24, 2.45) is 0 Å². The van der Waals surface area contributed by atoms with Crippen LogP contribution in [0.1, 0.15) is 17.5 Å². The molecule has 2 nitrogen and oxygen atoms in total. The fraction of sp³-hybridized carbons (Fsp3) is 0.250. The Morgan fingerprint density at radius 3 is 2.93 bits per heavy atom. The average Bonchev–Trinajstić information content (AvgIpc) is 2.19. The zero-order valence-electron chi connectivity index (χ0n) is 8.45. The molecule has 0 aromatic heterocycles. The number of hydrogen-bond acceptors (Lipinski definition) is 2. The summed E-state index contributed by atoms with van der Waals surface area (Å²) in [7, 11) is 1.65. The fourth-order valence-electron chi connectivity index (χ4n) is 1.22. The molecule has 0 unspecified atom stereocenters. The van der Waals surface area contributed by atoms with Crippen LogP contribution in [-0.4, -0.2) is 7.11 Å². The minimum Gasteiger partial charge on any atom is -0.496 e. The average molecular weight is 187 g/mol. The van der Waals surface area contributed by atoms with E-state index in [-0.39, 0.29) is 0 Å². The summed E-state index contributed by atoms with van der Waals surface area (Å²) in [6, 6.07) is 8.03. The van der Waals surface area contributed by atoms with Crippen LogP contribution in [0, 0.1) is 18.3 Å². The minimum absolute atomic E-state index is 0.428. The number of allylic oxidation sites excluding steroid dienone is 1. The van der Waals surface area contributed by atoms with E-state index in [1.54, 1.807) is 7.11 Å². The van der Waals surface area contributed by atoms with Gasteiger partial charge in [0.1, 0.15) is 5.75 Å². The predicted octanol–water partition coefficient (Wildman–Crippen LogP) is 2.93. The van der Waals surface area contributed by atoms with Gasteiger partial charge in [0, 0.05) is 5.56 Å². The molecule has 1 aromatic rings. The van der Waals surface area contributed by atoms with Gasteiger partial charge in [-0.05, 0) is 19.1 Å². The van der Waals surface area contributed by atoms with Crippen LogP contribution in [0.5, 0.6) is 5.75 Å². The molecule has 0 saturated heterocycles. The first-order valence-electron chi connectivity index (χ1n) is 4.46. The maximum Gasteiger partial charge on any atom is 0.126 e. The van der Waals surface area contributed by atoms with Gasteiger partial charge in [0.05, 0.1) is 19.6 Å². The molecule has 0 aliphatic heterocycles. The van der Waals surface area contributed by atoms with Gasteiger partial charge < -0.3 is 4.74 Å². The number of nitriles is 1. The van der Waals surface area contributed by atoms with Crippen molar-refractivity contribution in [2.45, 2.75) is 13.3 Å². The Labute approximate surface area is 84.4 Å². The summed E-state index contributed by atoms with van der Waals surface area (Å²) < 4.78 is 5.20. The normalized spacial score (nSPS) is 10.1. The third-order valence-corrected chi connectivity index (χ3v) is 1.89. The van der Waals surface area contributed by atoms with Gasteiger partial charge in [-0.1, -0.05) is 23.8 Å². The Morgan fingerprint density at radius 2 is 2.29 bits per heavy atom. The molecule has 0 fully saturated rings. The molecular formula is C12H13NO. The molecule has 14 heavy (non-hydrogen) atoms. The lowest BCUT2D eigenvalue weighted by Gasteiger charge is -2.04. The third kappa shape index (κ3) is 2.63. The summed E-state index contributed by atoms with van der Waals surface area (Å²) in [5.74, 6) is 0.838. The molecule has 0 atom stereocenters. The van der Waals surface area contributed by atoms with E-state index >= 15 is 0 Å². The lowest BCUT2D eigenvalue weighted by Crippen LogP contribution is -1.87. The van der Waals surface area contributed by atoms with E-state index in [1.165, 1.54) is 5.56 Å². The molecule has 1 rings (SSSR count). The highest BCUT2D eigenvalue weighted by molar-refractivity contribution is 5.58. The van der Waals surface area contributed by atoms with Gasteiger partial charge in [0.25, 0.3) is 0 Å².